The summed E-state index contributed by atoms with van der Waals surface area (Å²) >= 11 is 0. The van der Waals surface area contributed by atoms with Gasteiger partial charge in [-0.1, -0.05) is 59.8 Å². The molecule has 1 heteroatoms. The SMILES string of the molecule is CCCCC(CC)CC(CCC)NCC. The van der Waals surface area contributed by atoms with Crippen molar-refractivity contribution >= 4 is 0 Å². The molecule has 2 unspecified atom stereocenters. The number of rotatable bonds is 10. The summed E-state index contributed by atoms with van der Waals surface area (Å²) < 4.78 is 0. The van der Waals surface area contributed by atoms with Crippen LogP contribution >= 0.6 is 0 Å². The van der Waals surface area contributed by atoms with Crippen LogP contribution in [0.4, 0.5) is 0 Å². The van der Waals surface area contributed by atoms with Gasteiger partial charge >= 0.3 is 0 Å². The summed E-state index contributed by atoms with van der Waals surface area (Å²) in [4.78, 5) is 0. The average molecular weight is 213 g/mol. The molecule has 0 radical (unpaired) electrons. The first-order chi connectivity index (χ1) is 7.28. The summed E-state index contributed by atoms with van der Waals surface area (Å²) in [6.45, 7) is 10.3. The highest BCUT2D eigenvalue weighted by atomic mass is 14.9. The Morgan fingerprint density at radius 3 is 2.13 bits per heavy atom. The third-order valence-corrected chi connectivity index (χ3v) is 3.29. The smallest absolute Gasteiger partial charge is 0.00694 e. The summed E-state index contributed by atoms with van der Waals surface area (Å²) in [5, 5.41) is 3.62. The van der Waals surface area contributed by atoms with Gasteiger partial charge in [0.25, 0.3) is 0 Å². The van der Waals surface area contributed by atoms with Gasteiger partial charge in [-0.15, -0.1) is 0 Å². The Hall–Kier alpha value is -0.0400. The van der Waals surface area contributed by atoms with Crippen molar-refractivity contribution in [2.75, 3.05) is 6.54 Å². The van der Waals surface area contributed by atoms with Crippen molar-refractivity contribution in [3.05, 3.63) is 0 Å². The third-order valence-electron chi connectivity index (χ3n) is 3.29. The quantitative estimate of drug-likeness (QED) is 0.568. The van der Waals surface area contributed by atoms with E-state index in [1.165, 1.54) is 44.9 Å². The molecule has 0 saturated carbocycles. The Morgan fingerprint density at radius 2 is 1.67 bits per heavy atom. The van der Waals surface area contributed by atoms with E-state index in [0.29, 0.717) is 0 Å². The van der Waals surface area contributed by atoms with Crippen LogP contribution in [0.25, 0.3) is 0 Å². The molecule has 0 saturated heterocycles. The zero-order chi connectivity index (χ0) is 11.5. The molecule has 0 fully saturated rings. The van der Waals surface area contributed by atoms with Gasteiger partial charge in [-0.25, -0.2) is 0 Å². The van der Waals surface area contributed by atoms with Crippen LogP contribution in [0.5, 0.6) is 0 Å². The predicted octanol–water partition coefficient (Wildman–Crippen LogP) is 4.37. The minimum absolute atomic E-state index is 0.766. The monoisotopic (exact) mass is 213 g/mol. The van der Waals surface area contributed by atoms with Crippen LogP contribution in [0.3, 0.4) is 0 Å². The Balaban J connectivity index is 3.85. The van der Waals surface area contributed by atoms with Crippen LogP contribution < -0.4 is 5.32 Å². The fourth-order valence-corrected chi connectivity index (χ4v) is 2.32. The average Bonchev–Trinajstić information content (AvgIpc) is 2.24. The van der Waals surface area contributed by atoms with Crippen LogP contribution in [0.2, 0.25) is 0 Å². The van der Waals surface area contributed by atoms with Crippen molar-refractivity contribution in [1.29, 1.82) is 0 Å². The molecule has 0 aliphatic carbocycles. The molecular weight excluding hydrogens is 182 g/mol. The van der Waals surface area contributed by atoms with Crippen molar-refractivity contribution < 1.29 is 0 Å². The molecule has 0 bridgehead atoms. The van der Waals surface area contributed by atoms with Gasteiger partial charge in [0, 0.05) is 6.04 Å². The van der Waals surface area contributed by atoms with E-state index in [0.717, 1.165) is 18.5 Å². The molecular formula is C14H31N. The van der Waals surface area contributed by atoms with Crippen molar-refractivity contribution in [2.24, 2.45) is 5.92 Å². The second-order valence-electron chi connectivity index (χ2n) is 4.70. The minimum atomic E-state index is 0.766. The van der Waals surface area contributed by atoms with Crippen LogP contribution in [-0.4, -0.2) is 12.6 Å². The molecule has 2 atom stereocenters. The third kappa shape index (κ3) is 7.84. The van der Waals surface area contributed by atoms with E-state index in [1.807, 2.05) is 0 Å². The van der Waals surface area contributed by atoms with E-state index >= 15 is 0 Å². The minimum Gasteiger partial charge on any atom is -0.314 e. The molecule has 0 heterocycles. The normalized spacial score (nSPS) is 15.2. The van der Waals surface area contributed by atoms with E-state index in [2.05, 4.69) is 33.0 Å². The molecule has 0 aromatic rings. The van der Waals surface area contributed by atoms with Gasteiger partial charge in [-0.3, -0.25) is 0 Å². The summed E-state index contributed by atoms with van der Waals surface area (Å²) in [5.74, 6) is 0.945. The first kappa shape index (κ1) is 15.0. The molecule has 0 aliphatic rings. The van der Waals surface area contributed by atoms with E-state index < -0.39 is 0 Å². The second kappa shape index (κ2) is 10.5. The summed E-state index contributed by atoms with van der Waals surface area (Å²) in [6.07, 6.45) is 9.57. The maximum atomic E-state index is 3.62. The number of nitrogens with one attached hydrogen (secondary N) is 1. The number of unbranched alkanes of at least 4 members (excludes halogenated alkanes) is 1. The maximum absolute atomic E-state index is 3.62. The van der Waals surface area contributed by atoms with E-state index in [4.69, 9.17) is 0 Å². The lowest BCUT2D eigenvalue weighted by Crippen LogP contribution is -2.30. The van der Waals surface area contributed by atoms with Crippen LogP contribution in [0.1, 0.15) is 72.6 Å². The molecule has 0 rings (SSSR count). The van der Waals surface area contributed by atoms with Crippen LogP contribution in [0.15, 0.2) is 0 Å². The van der Waals surface area contributed by atoms with Crippen molar-refractivity contribution in [2.45, 2.75) is 78.7 Å². The highest BCUT2D eigenvalue weighted by Gasteiger charge is 2.13. The lowest BCUT2D eigenvalue weighted by Gasteiger charge is -2.23. The van der Waals surface area contributed by atoms with Gasteiger partial charge in [-0.05, 0) is 25.3 Å². The predicted molar refractivity (Wildman–Crippen MR) is 70.3 cm³/mol. The molecule has 0 aliphatic heterocycles. The maximum Gasteiger partial charge on any atom is 0.00694 e. The van der Waals surface area contributed by atoms with Gasteiger partial charge in [0.05, 0.1) is 0 Å². The van der Waals surface area contributed by atoms with E-state index in [9.17, 15) is 0 Å². The lowest BCUT2D eigenvalue weighted by atomic mass is 9.90. The summed E-state index contributed by atoms with van der Waals surface area (Å²) in [7, 11) is 0. The van der Waals surface area contributed by atoms with Gasteiger partial charge in [0.2, 0.25) is 0 Å². The Kier molecular flexibility index (Phi) is 10.4. The highest BCUT2D eigenvalue weighted by molar-refractivity contribution is 4.70. The molecule has 0 spiro atoms. The molecule has 0 aromatic carbocycles. The lowest BCUT2D eigenvalue weighted by molar-refractivity contribution is 0.339. The highest BCUT2D eigenvalue weighted by Crippen LogP contribution is 2.20. The van der Waals surface area contributed by atoms with Crippen molar-refractivity contribution in [1.82, 2.24) is 5.32 Å². The number of hydrogen-bond donors (Lipinski definition) is 1. The van der Waals surface area contributed by atoms with E-state index in [1.54, 1.807) is 0 Å². The first-order valence-electron chi connectivity index (χ1n) is 7.01. The van der Waals surface area contributed by atoms with Gasteiger partial charge in [0.15, 0.2) is 0 Å². The zero-order valence-electron chi connectivity index (χ0n) is 11.3. The Labute approximate surface area is 97.0 Å². The van der Waals surface area contributed by atoms with Crippen molar-refractivity contribution in [3.8, 4) is 0 Å². The van der Waals surface area contributed by atoms with E-state index in [-0.39, 0.29) is 0 Å². The van der Waals surface area contributed by atoms with Crippen LogP contribution in [0, 0.1) is 5.92 Å². The van der Waals surface area contributed by atoms with Crippen molar-refractivity contribution in [3.63, 3.8) is 0 Å². The van der Waals surface area contributed by atoms with Gasteiger partial charge in [0.1, 0.15) is 0 Å². The summed E-state index contributed by atoms with van der Waals surface area (Å²) in [6, 6.07) is 0.766. The molecule has 92 valence electrons. The molecule has 15 heavy (non-hydrogen) atoms. The topological polar surface area (TPSA) is 12.0 Å². The molecule has 0 aromatic heterocycles. The first-order valence-corrected chi connectivity index (χ1v) is 7.01. The molecule has 1 N–H and O–H groups in total. The Morgan fingerprint density at radius 1 is 0.933 bits per heavy atom. The molecule has 1 nitrogen and oxygen atoms in total. The Bertz CT molecular complexity index is 117. The molecule has 0 amide bonds. The number of hydrogen-bond acceptors (Lipinski definition) is 1. The van der Waals surface area contributed by atoms with Gasteiger partial charge in [-0.2, -0.15) is 0 Å². The second-order valence-corrected chi connectivity index (χ2v) is 4.70. The standard InChI is InChI=1S/C14H31N/c1-5-9-11-13(7-3)12-14(10-6-2)15-8-4/h13-15H,5-12H2,1-4H3. The van der Waals surface area contributed by atoms with Crippen LogP contribution in [-0.2, 0) is 0 Å². The van der Waals surface area contributed by atoms with Gasteiger partial charge < -0.3 is 5.32 Å². The fourth-order valence-electron chi connectivity index (χ4n) is 2.32. The largest absolute Gasteiger partial charge is 0.314 e. The zero-order valence-corrected chi connectivity index (χ0v) is 11.3. The fraction of sp³-hybridized carbons (Fsp3) is 1.00. The summed E-state index contributed by atoms with van der Waals surface area (Å²) in [5.41, 5.74) is 0.